The van der Waals surface area contributed by atoms with Crippen LogP contribution in [0.1, 0.15) is 32.3 Å². The zero-order valence-electron chi connectivity index (χ0n) is 12.9. The highest BCUT2D eigenvalue weighted by molar-refractivity contribution is 5.78. The number of hydrogen-bond donors (Lipinski definition) is 1. The number of carbonyl (C=O) groups excluding carboxylic acids is 1. The van der Waals surface area contributed by atoms with E-state index in [1.54, 1.807) is 0 Å². The van der Waals surface area contributed by atoms with Crippen molar-refractivity contribution in [2.75, 3.05) is 26.4 Å². The number of nitrogens with zero attached hydrogens (tertiary/aromatic N) is 1. The Bertz CT molecular complexity index is 477. The van der Waals surface area contributed by atoms with E-state index in [0.717, 1.165) is 43.0 Å². The van der Waals surface area contributed by atoms with Crippen molar-refractivity contribution in [1.29, 1.82) is 0 Å². The number of unbranched alkanes of at least 4 members (excludes halogenated alkanes) is 1. The summed E-state index contributed by atoms with van der Waals surface area (Å²) in [4.78, 5) is 14.1. The van der Waals surface area contributed by atoms with Gasteiger partial charge in [0.2, 0.25) is 12.7 Å². The highest BCUT2D eigenvalue weighted by Gasteiger charge is 2.14. The summed E-state index contributed by atoms with van der Waals surface area (Å²) in [6.45, 7) is 7.37. The Hall–Kier alpha value is -1.75. The van der Waals surface area contributed by atoms with Gasteiger partial charge in [-0.15, -0.1) is 0 Å². The van der Waals surface area contributed by atoms with E-state index < -0.39 is 0 Å². The second-order valence-electron chi connectivity index (χ2n) is 5.19. The standard InChI is InChI=1S/C16H24N2O3/c1-3-5-8-18(4-2)11-16(19)17-10-13-6-7-14-15(9-13)21-12-20-14/h6-7,9H,3-5,8,10-12H2,1-2H3,(H,17,19). The molecule has 0 unspecified atom stereocenters. The van der Waals surface area contributed by atoms with Gasteiger partial charge >= 0.3 is 0 Å². The van der Waals surface area contributed by atoms with Gasteiger partial charge in [-0.1, -0.05) is 26.3 Å². The summed E-state index contributed by atoms with van der Waals surface area (Å²) < 4.78 is 10.6. The maximum atomic E-state index is 12.0. The summed E-state index contributed by atoms with van der Waals surface area (Å²) in [5.74, 6) is 1.58. The molecule has 1 aromatic rings. The molecule has 0 spiro atoms. The second-order valence-corrected chi connectivity index (χ2v) is 5.19. The van der Waals surface area contributed by atoms with Crippen LogP contribution in [-0.2, 0) is 11.3 Å². The molecule has 1 N–H and O–H groups in total. The lowest BCUT2D eigenvalue weighted by molar-refractivity contribution is -0.122. The van der Waals surface area contributed by atoms with Gasteiger partial charge in [-0.05, 0) is 37.2 Å². The smallest absolute Gasteiger partial charge is 0.234 e. The summed E-state index contributed by atoms with van der Waals surface area (Å²) in [7, 11) is 0. The zero-order valence-corrected chi connectivity index (χ0v) is 12.9. The minimum atomic E-state index is 0.0608. The van der Waals surface area contributed by atoms with Crippen molar-refractivity contribution in [3.63, 3.8) is 0 Å². The minimum Gasteiger partial charge on any atom is -0.454 e. The van der Waals surface area contributed by atoms with Gasteiger partial charge in [-0.3, -0.25) is 9.69 Å². The van der Waals surface area contributed by atoms with E-state index in [-0.39, 0.29) is 12.7 Å². The van der Waals surface area contributed by atoms with E-state index in [1.807, 2.05) is 18.2 Å². The van der Waals surface area contributed by atoms with Crippen molar-refractivity contribution in [3.8, 4) is 11.5 Å². The fraction of sp³-hybridized carbons (Fsp3) is 0.562. The van der Waals surface area contributed by atoms with Crippen LogP contribution in [-0.4, -0.2) is 37.2 Å². The van der Waals surface area contributed by atoms with Crippen LogP contribution in [0, 0.1) is 0 Å². The number of nitrogens with one attached hydrogen (secondary N) is 1. The number of benzene rings is 1. The SMILES string of the molecule is CCCCN(CC)CC(=O)NCc1ccc2c(c1)OCO2. The topological polar surface area (TPSA) is 50.8 Å². The van der Waals surface area contributed by atoms with Crippen molar-refractivity contribution < 1.29 is 14.3 Å². The number of likely N-dealkylation sites (N-methyl/N-ethyl adjacent to an activating group) is 1. The van der Waals surface area contributed by atoms with Gasteiger partial charge in [0, 0.05) is 6.54 Å². The number of amides is 1. The van der Waals surface area contributed by atoms with Gasteiger partial charge in [0.1, 0.15) is 0 Å². The van der Waals surface area contributed by atoms with Gasteiger partial charge in [0.15, 0.2) is 11.5 Å². The zero-order chi connectivity index (χ0) is 15.1. The van der Waals surface area contributed by atoms with Crippen molar-refractivity contribution in [2.45, 2.75) is 33.2 Å². The third kappa shape index (κ3) is 4.63. The molecule has 1 aromatic carbocycles. The van der Waals surface area contributed by atoms with E-state index in [0.29, 0.717) is 13.1 Å². The van der Waals surface area contributed by atoms with Gasteiger partial charge in [-0.2, -0.15) is 0 Å². The highest BCUT2D eigenvalue weighted by atomic mass is 16.7. The molecular formula is C16H24N2O3. The minimum absolute atomic E-state index is 0.0608. The Morgan fingerprint density at radius 2 is 2.10 bits per heavy atom. The molecular weight excluding hydrogens is 268 g/mol. The first kappa shape index (κ1) is 15.6. The normalized spacial score (nSPS) is 12.7. The van der Waals surface area contributed by atoms with E-state index in [1.165, 1.54) is 0 Å². The Morgan fingerprint density at radius 1 is 1.29 bits per heavy atom. The molecule has 116 valence electrons. The molecule has 0 aliphatic carbocycles. The van der Waals surface area contributed by atoms with Gasteiger partial charge in [0.05, 0.1) is 6.54 Å². The van der Waals surface area contributed by atoms with Crippen LogP contribution >= 0.6 is 0 Å². The van der Waals surface area contributed by atoms with Crippen molar-refractivity contribution in [1.82, 2.24) is 10.2 Å². The summed E-state index contributed by atoms with van der Waals surface area (Å²) >= 11 is 0. The quantitative estimate of drug-likeness (QED) is 0.797. The van der Waals surface area contributed by atoms with E-state index >= 15 is 0 Å². The molecule has 5 nitrogen and oxygen atoms in total. The number of rotatable bonds is 8. The van der Waals surface area contributed by atoms with Gasteiger partial charge in [0.25, 0.3) is 0 Å². The van der Waals surface area contributed by atoms with Gasteiger partial charge < -0.3 is 14.8 Å². The average Bonchev–Trinajstić information content (AvgIpc) is 2.96. The fourth-order valence-corrected chi connectivity index (χ4v) is 2.24. The highest BCUT2D eigenvalue weighted by Crippen LogP contribution is 2.32. The molecule has 0 atom stereocenters. The Labute approximate surface area is 126 Å². The number of carbonyl (C=O) groups is 1. The Kier molecular flexibility index (Phi) is 5.87. The summed E-state index contributed by atoms with van der Waals surface area (Å²) in [6.07, 6.45) is 2.28. The van der Waals surface area contributed by atoms with Crippen molar-refractivity contribution in [3.05, 3.63) is 23.8 Å². The molecule has 1 heterocycles. The Morgan fingerprint density at radius 3 is 2.86 bits per heavy atom. The second kappa shape index (κ2) is 7.88. The lowest BCUT2D eigenvalue weighted by atomic mass is 10.2. The Balaban J connectivity index is 1.78. The first-order valence-corrected chi connectivity index (χ1v) is 7.60. The largest absolute Gasteiger partial charge is 0.454 e. The fourth-order valence-electron chi connectivity index (χ4n) is 2.24. The molecule has 21 heavy (non-hydrogen) atoms. The van der Waals surface area contributed by atoms with Crippen LogP contribution in [0.4, 0.5) is 0 Å². The van der Waals surface area contributed by atoms with Crippen LogP contribution < -0.4 is 14.8 Å². The molecule has 0 saturated carbocycles. The number of ether oxygens (including phenoxy) is 2. The van der Waals surface area contributed by atoms with Crippen molar-refractivity contribution >= 4 is 5.91 Å². The predicted octanol–water partition coefficient (Wildman–Crippen LogP) is 2.15. The maximum absolute atomic E-state index is 12.0. The first-order chi connectivity index (χ1) is 10.2. The van der Waals surface area contributed by atoms with Crippen LogP contribution in [0.2, 0.25) is 0 Å². The van der Waals surface area contributed by atoms with Crippen LogP contribution in [0.25, 0.3) is 0 Å². The predicted molar refractivity (Wildman–Crippen MR) is 81.4 cm³/mol. The van der Waals surface area contributed by atoms with E-state index in [4.69, 9.17) is 9.47 Å². The molecule has 2 rings (SSSR count). The molecule has 0 radical (unpaired) electrons. The molecule has 1 aliphatic rings. The first-order valence-electron chi connectivity index (χ1n) is 7.60. The summed E-state index contributed by atoms with van der Waals surface area (Å²) in [6, 6.07) is 5.74. The summed E-state index contributed by atoms with van der Waals surface area (Å²) in [5, 5.41) is 2.95. The molecule has 0 saturated heterocycles. The van der Waals surface area contributed by atoms with E-state index in [2.05, 4.69) is 24.1 Å². The van der Waals surface area contributed by atoms with Crippen LogP contribution in [0.15, 0.2) is 18.2 Å². The lowest BCUT2D eigenvalue weighted by Gasteiger charge is -2.19. The van der Waals surface area contributed by atoms with Gasteiger partial charge in [-0.25, -0.2) is 0 Å². The lowest BCUT2D eigenvalue weighted by Crippen LogP contribution is -2.37. The molecule has 0 bridgehead atoms. The van der Waals surface area contributed by atoms with E-state index in [9.17, 15) is 4.79 Å². The summed E-state index contributed by atoms with van der Waals surface area (Å²) in [5.41, 5.74) is 1.02. The average molecular weight is 292 g/mol. The maximum Gasteiger partial charge on any atom is 0.234 e. The molecule has 0 aromatic heterocycles. The third-order valence-corrected chi connectivity index (χ3v) is 3.57. The molecule has 5 heteroatoms. The van der Waals surface area contributed by atoms with Crippen LogP contribution in [0.5, 0.6) is 11.5 Å². The third-order valence-electron chi connectivity index (χ3n) is 3.57. The van der Waals surface area contributed by atoms with Crippen LogP contribution in [0.3, 0.4) is 0 Å². The molecule has 1 amide bonds. The number of hydrogen-bond acceptors (Lipinski definition) is 4. The monoisotopic (exact) mass is 292 g/mol. The molecule has 1 aliphatic heterocycles. The molecule has 0 fully saturated rings. The number of fused-ring (bicyclic) bond motifs is 1. The van der Waals surface area contributed by atoms with Crippen molar-refractivity contribution in [2.24, 2.45) is 0 Å².